The van der Waals surface area contributed by atoms with Gasteiger partial charge in [-0.2, -0.15) is 0 Å². The third kappa shape index (κ3) is 4.95. The molecule has 0 aliphatic carbocycles. The van der Waals surface area contributed by atoms with Crippen molar-refractivity contribution in [3.8, 4) is 0 Å². The lowest BCUT2D eigenvalue weighted by atomic mass is 10.0. The molecule has 1 atom stereocenters. The standard InChI is InChI=1S/C22H25ClN4O2/c1-3-4-8-13-24-22(29)26-20-21(28)27(2)18-12-11-16(23)14-17(18)19(25-20)15-9-6-5-7-10-15/h5-7,9-12,14,20H,3-4,8,13H2,1-2H3,(H2,24,26,29). The summed E-state index contributed by atoms with van der Waals surface area (Å²) < 4.78 is 0. The van der Waals surface area contributed by atoms with E-state index < -0.39 is 12.2 Å². The minimum atomic E-state index is -1.03. The van der Waals surface area contributed by atoms with Gasteiger partial charge in [0.2, 0.25) is 6.17 Å². The van der Waals surface area contributed by atoms with E-state index in [-0.39, 0.29) is 5.91 Å². The highest BCUT2D eigenvalue weighted by molar-refractivity contribution is 6.32. The van der Waals surface area contributed by atoms with Gasteiger partial charge in [0.1, 0.15) is 0 Å². The number of benzene rings is 2. The fraction of sp³-hybridized carbons (Fsp3) is 0.318. The number of amides is 3. The first-order valence-corrected chi connectivity index (χ1v) is 10.1. The molecule has 1 aliphatic heterocycles. The third-order valence-corrected chi connectivity index (χ3v) is 5.01. The fourth-order valence-electron chi connectivity index (χ4n) is 3.22. The normalized spacial score (nSPS) is 16.0. The van der Waals surface area contributed by atoms with Crippen LogP contribution in [0.5, 0.6) is 0 Å². The maximum Gasteiger partial charge on any atom is 0.316 e. The van der Waals surface area contributed by atoms with E-state index in [4.69, 9.17) is 11.6 Å². The van der Waals surface area contributed by atoms with Crippen LogP contribution in [0.3, 0.4) is 0 Å². The summed E-state index contributed by atoms with van der Waals surface area (Å²) in [6.07, 6.45) is 1.97. The number of halogens is 1. The first-order chi connectivity index (χ1) is 14.0. The van der Waals surface area contributed by atoms with Crippen molar-refractivity contribution in [3.05, 3.63) is 64.7 Å². The molecule has 0 bridgehead atoms. The molecule has 3 amide bonds. The Bertz CT molecular complexity index is 914. The predicted octanol–water partition coefficient (Wildman–Crippen LogP) is 3.97. The van der Waals surface area contributed by atoms with Crippen molar-refractivity contribution in [3.63, 3.8) is 0 Å². The lowest BCUT2D eigenvalue weighted by Crippen LogP contribution is -2.49. The summed E-state index contributed by atoms with van der Waals surface area (Å²) in [7, 11) is 1.67. The van der Waals surface area contributed by atoms with Crippen LogP contribution in [0.15, 0.2) is 53.5 Å². The van der Waals surface area contributed by atoms with Gasteiger partial charge in [0.25, 0.3) is 5.91 Å². The van der Waals surface area contributed by atoms with Crippen LogP contribution in [0.2, 0.25) is 5.02 Å². The van der Waals surface area contributed by atoms with Crippen LogP contribution in [0.1, 0.15) is 37.3 Å². The number of unbranched alkanes of at least 4 members (excludes halogenated alkanes) is 2. The highest BCUT2D eigenvalue weighted by atomic mass is 35.5. The van der Waals surface area contributed by atoms with Gasteiger partial charge in [-0.05, 0) is 24.6 Å². The van der Waals surface area contributed by atoms with Crippen molar-refractivity contribution in [2.24, 2.45) is 4.99 Å². The Morgan fingerprint density at radius 2 is 1.93 bits per heavy atom. The van der Waals surface area contributed by atoms with Crippen LogP contribution in [-0.2, 0) is 4.79 Å². The molecule has 2 aromatic rings. The largest absolute Gasteiger partial charge is 0.338 e. The Kier molecular flexibility index (Phi) is 6.88. The van der Waals surface area contributed by atoms with Gasteiger partial charge in [-0.25, -0.2) is 9.79 Å². The predicted molar refractivity (Wildman–Crippen MR) is 117 cm³/mol. The zero-order chi connectivity index (χ0) is 20.8. The number of aliphatic imine (C=N–C) groups is 1. The molecule has 2 N–H and O–H groups in total. The summed E-state index contributed by atoms with van der Waals surface area (Å²) in [5.41, 5.74) is 2.88. The molecule has 0 radical (unpaired) electrons. The van der Waals surface area contributed by atoms with E-state index in [1.807, 2.05) is 30.3 Å². The van der Waals surface area contributed by atoms with E-state index in [2.05, 4.69) is 22.5 Å². The molecule has 1 aliphatic rings. The van der Waals surface area contributed by atoms with Gasteiger partial charge < -0.3 is 15.5 Å². The van der Waals surface area contributed by atoms with Gasteiger partial charge in [0.15, 0.2) is 0 Å². The number of rotatable bonds is 6. The quantitative estimate of drug-likeness (QED) is 0.704. The highest BCUT2D eigenvalue weighted by Crippen LogP contribution is 2.29. The Hall–Kier alpha value is -2.86. The lowest BCUT2D eigenvalue weighted by molar-refractivity contribution is -0.119. The minimum Gasteiger partial charge on any atom is -0.338 e. The molecule has 0 saturated heterocycles. The molecule has 1 heterocycles. The van der Waals surface area contributed by atoms with Crippen molar-refractivity contribution in [1.29, 1.82) is 0 Å². The second-order valence-corrected chi connectivity index (χ2v) is 7.35. The topological polar surface area (TPSA) is 73.8 Å². The van der Waals surface area contributed by atoms with E-state index >= 15 is 0 Å². The molecular weight excluding hydrogens is 388 g/mol. The molecule has 7 heteroatoms. The molecule has 0 saturated carbocycles. The summed E-state index contributed by atoms with van der Waals surface area (Å²) in [5.74, 6) is -0.316. The average molecular weight is 413 g/mol. The molecule has 6 nitrogen and oxygen atoms in total. The van der Waals surface area contributed by atoms with Crippen LogP contribution in [0.4, 0.5) is 10.5 Å². The number of likely N-dealkylation sites (N-methyl/N-ethyl adjacent to an activating group) is 1. The van der Waals surface area contributed by atoms with Crippen LogP contribution in [0, 0.1) is 0 Å². The average Bonchev–Trinajstić information content (AvgIpc) is 2.82. The smallest absolute Gasteiger partial charge is 0.316 e. The number of nitrogens with one attached hydrogen (secondary N) is 2. The minimum absolute atomic E-state index is 0.316. The van der Waals surface area contributed by atoms with Gasteiger partial charge in [-0.3, -0.25) is 4.79 Å². The summed E-state index contributed by atoms with van der Waals surface area (Å²) in [6, 6.07) is 14.5. The fourth-order valence-corrected chi connectivity index (χ4v) is 3.39. The van der Waals surface area contributed by atoms with Gasteiger partial charge >= 0.3 is 6.03 Å². The Labute approximate surface area is 176 Å². The van der Waals surface area contributed by atoms with Gasteiger partial charge in [0.05, 0.1) is 11.4 Å². The van der Waals surface area contributed by atoms with Crippen LogP contribution in [0.25, 0.3) is 0 Å². The summed E-state index contributed by atoms with van der Waals surface area (Å²) >= 11 is 6.23. The SMILES string of the molecule is CCCCCNC(=O)NC1N=C(c2ccccc2)c2cc(Cl)ccc2N(C)C1=O. The zero-order valence-electron chi connectivity index (χ0n) is 16.6. The second-order valence-electron chi connectivity index (χ2n) is 6.91. The van der Waals surface area contributed by atoms with Crippen molar-refractivity contribution in [2.75, 3.05) is 18.5 Å². The number of urea groups is 1. The van der Waals surface area contributed by atoms with E-state index in [1.54, 1.807) is 25.2 Å². The Morgan fingerprint density at radius 3 is 2.66 bits per heavy atom. The summed E-state index contributed by atoms with van der Waals surface area (Å²) in [5, 5.41) is 6.05. The van der Waals surface area contributed by atoms with Gasteiger partial charge in [-0.1, -0.05) is 61.7 Å². The second kappa shape index (κ2) is 9.56. The maximum atomic E-state index is 13.0. The molecule has 0 fully saturated rings. The summed E-state index contributed by atoms with van der Waals surface area (Å²) in [4.78, 5) is 31.5. The van der Waals surface area contributed by atoms with Crippen molar-refractivity contribution >= 4 is 34.9 Å². The number of nitrogens with zero attached hydrogens (tertiary/aromatic N) is 2. The van der Waals surface area contributed by atoms with Crippen molar-refractivity contribution < 1.29 is 9.59 Å². The summed E-state index contributed by atoms with van der Waals surface area (Å²) in [6.45, 7) is 2.66. The molecule has 2 aromatic carbocycles. The van der Waals surface area contributed by atoms with E-state index in [9.17, 15) is 9.59 Å². The van der Waals surface area contributed by atoms with Crippen LogP contribution in [-0.4, -0.2) is 37.4 Å². The maximum absolute atomic E-state index is 13.0. The molecular formula is C22H25ClN4O2. The van der Waals surface area contributed by atoms with Gasteiger partial charge in [-0.15, -0.1) is 0 Å². The number of hydrogen-bond acceptors (Lipinski definition) is 3. The highest BCUT2D eigenvalue weighted by Gasteiger charge is 2.31. The van der Waals surface area contributed by atoms with E-state index in [1.165, 1.54) is 4.90 Å². The van der Waals surface area contributed by atoms with Crippen molar-refractivity contribution in [2.45, 2.75) is 32.4 Å². The first-order valence-electron chi connectivity index (χ1n) is 9.76. The first kappa shape index (κ1) is 20.9. The molecule has 3 rings (SSSR count). The molecule has 29 heavy (non-hydrogen) atoms. The van der Waals surface area contributed by atoms with Crippen LogP contribution >= 0.6 is 11.6 Å². The molecule has 0 aromatic heterocycles. The van der Waals surface area contributed by atoms with Gasteiger partial charge in [0, 0.05) is 29.7 Å². The third-order valence-electron chi connectivity index (χ3n) is 4.78. The lowest BCUT2D eigenvalue weighted by Gasteiger charge is -2.21. The number of carbonyl (C=O) groups excluding carboxylic acids is 2. The number of hydrogen-bond donors (Lipinski definition) is 2. The number of benzodiazepines with no additional fused rings is 1. The Morgan fingerprint density at radius 1 is 1.17 bits per heavy atom. The number of anilines is 1. The Balaban J connectivity index is 1.95. The molecule has 1 unspecified atom stereocenters. The monoisotopic (exact) mass is 412 g/mol. The molecule has 0 spiro atoms. The zero-order valence-corrected chi connectivity index (χ0v) is 17.4. The number of fused-ring (bicyclic) bond motifs is 1. The number of carbonyl (C=O) groups is 2. The van der Waals surface area contributed by atoms with Crippen LogP contribution < -0.4 is 15.5 Å². The van der Waals surface area contributed by atoms with Crippen molar-refractivity contribution in [1.82, 2.24) is 10.6 Å². The molecule has 152 valence electrons. The van der Waals surface area contributed by atoms with E-state index in [0.29, 0.717) is 23.0 Å². The van der Waals surface area contributed by atoms with E-state index in [0.717, 1.165) is 30.4 Å².